The van der Waals surface area contributed by atoms with Crippen LogP contribution < -0.4 is 5.73 Å². The summed E-state index contributed by atoms with van der Waals surface area (Å²) in [4.78, 5) is 11.3. The molecule has 1 aliphatic rings. The van der Waals surface area contributed by atoms with Crippen molar-refractivity contribution in [2.75, 3.05) is 11.5 Å². The number of rotatable bonds is 3. The highest BCUT2D eigenvalue weighted by Crippen LogP contribution is 2.41. The van der Waals surface area contributed by atoms with E-state index in [0.29, 0.717) is 12.4 Å². The molecular formula is C14H19N3OS2. The summed E-state index contributed by atoms with van der Waals surface area (Å²) in [6, 6.07) is 0. The van der Waals surface area contributed by atoms with Gasteiger partial charge in [-0.15, -0.1) is 11.3 Å². The zero-order chi connectivity index (χ0) is 14.3. The Balaban J connectivity index is 2.12. The molecule has 1 aliphatic heterocycles. The molecular weight excluding hydrogens is 290 g/mol. The van der Waals surface area contributed by atoms with E-state index >= 15 is 0 Å². The van der Waals surface area contributed by atoms with Gasteiger partial charge in [-0.1, -0.05) is 25.6 Å². The van der Waals surface area contributed by atoms with E-state index in [0.717, 1.165) is 34.0 Å². The molecule has 4 nitrogen and oxygen atoms in total. The molecule has 2 N–H and O–H groups in total. The van der Waals surface area contributed by atoms with Crippen LogP contribution in [-0.2, 0) is 17.8 Å². The zero-order valence-electron chi connectivity index (χ0n) is 12.0. The molecule has 0 amide bonds. The molecule has 0 saturated heterocycles. The highest BCUT2D eigenvalue weighted by atomic mass is 32.2. The fraction of sp³-hybridized carbons (Fsp3) is 0.571. The van der Waals surface area contributed by atoms with E-state index < -0.39 is 0 Å². The summed E-state index contributed by atoms with van der Waals surface area (Å²) >= 11 is 3.32. The lowest BCUT2D eigenvalue weighted by atomic mass is 9.90. The standard InChI is InChI=1S/C14H19N3OS2/c1-4-14(3)6-8-9(7-18-14)20-12-10(8)11(15)16-13(17-12)19-5-2/h4-7H2,1-3H3,(H2,15,16,17). The lowest BCUT2D eigenvalue weighted by Crippen LogP contribution is -2.33. The van der Waals surface area contributed by atoms with Gasteiger partial charge in [-0.2, -0.15) is 0 Å². The third kappa shape index (κ3) is 2.29. The fourth-order valence-corrected chi connectivity index (χ4v) is 4.25. The first-order valence-electron chi connectivity index (χ1n) is 6.91. The van der Waals surface area contributed by atoms with Crippen molar-refractivity contribution in [2.24, 2.45) is 0 Å². The van der Waals surface area contributed by atoms with Crippen LogP contribution >= 0.6 is 23.1 Å². The normalized spacial score (nSPS) is 22.1. The average Bonchev–Trinajstić information content (AvgIpc) is 2.77. The van der Waals surface area contributed by atoms with E-state index in [2.05, 4.69) is 30.7 Å². The number of hydrogen-bond acceptors (Lipinski definition) is 6. The predicted molar refractivity (Wildman–Crippen MR) is 85.4 cm³/mol. The molecule has 0 aliphatic carbocycles. The van der Waals surface area contributed by atoms with Gasteiger partial charge in [-0.25, -0.2) is 9.97 Å². The lowest BCUT2D eigenvalue weighted by molar-refractivity contribution is -0.0542. The van der Waals surface area contributed by atoms with Crippen LogP contribution in [0.1, 0.15) is 37.6 Å². The maximum absolute atomic E-state index is 6.19. The third-order valence-corrected chi connectivity index (χ3v) is 5.69. The number of nitrogen functional groups attached to an aromatic ring is 1. The smallest absolute Gasteiger partial charge is 0.190 e. The Morgan fingerprint density at radius 3 is 2.90 bits per heavy atom. The summed E-state index contributed by atoms with van der Waals surface area (Å²) in [6.07, 6.45) is 1.89. The van der Waals surface area contributed by atoms with Crippen LogP contribution in [0.15, 0.2) is 5.16 Å². The molecule has 3 heterocycles. The van der Waals surface area contributed by atoms with Crippen molar-refractivity contribution < 1.29 is 4.74 Å². The first-order chi connectivity index (χ1) is 9.56. The molecule has 108 valence electrons. The molecule has 2 aromatic rings. The van der Waals surface area contributed by atoms with Gasteiger partial charge in [-0.05, 0) is 24.7 Å². The molecule has 2 aromatic heterocycles. The molecule has 0 spiro atoms. The molecule has 6 heteroatoms. The monoisotopic (exact) mass is 309 g/mol. The minimum Gasteiger partial charge on any atom is -0.383 e. The second kappa shape index (κ2) is 5.16. The number of thioether (sulfide) groups is 1. The highest BCUT2D eigenvalue weighted by Gasteiger charge is 2.32. The zero-order valence-corrected chi connectivity index (χ0v) is 13.7. The van der Waals surface area contributed by atoms with Gasteiger partial charge in [-0.3, -0.25) is 0 Å². The topological polar surface area (TPSA) is 61.0 Å². The number of hydrogen-bond donors (Lipinski definition) is 1. The van der Waals surface area contributed by atoms with Gasteiger partial charge in [0.1, 0.15) is 10.6 Å². The largest absolute Gasteiger partial charge is 0.383 e. The van der Waals surface area contributed by atoms with Crippen LogP contribution in [0.25, 0.3) is 10.2 Å². The van der Waals surface area contributed by atoms with E-state index in [9.17, 15) is 0 Å². The fourth-order valence-electron chi connectivity index (χ4n) is 2.50. The van der Waals surface area contributed by atoms with E-state index in [1.54, 1.807) is 23.1 Å². The number of nitrogens with zero attached hydrogens (tertiary/aromatic N) is 2. The number of aromatic nitrogens is 2. The molecule has 0 saturated carbocycles. The summed E-state index contributed by atoms with van der Waals surface area (Å²) in [5.74, 6) is 1.57. The Kier molecular flexibility index (Phi) is 3.64. The highest BCUT2D eigenvalue weighted by molar-refractivity contribution is 7.99. The van der Waals surface area contributed by atoms with E-state index in [4.69, 9.17) is 10.5 Å². The Morgan fingerprint density at radius 2 is 2.20 bits per heavy atom. The third-order valence-electron chi connectivity index (χ3n) is 3.87. The summed E-state index contributed by atoms with van der Waals surface area (Å²) in [6.45, 7) is 7.08. The van der Waals surface area contributed by atoms with Gasteiger partial charge in [0.2, 0.25) is 0 Å². The van der Waals surface area contributed by atoms with Crippen molar-refractivity contribution >= 4 is 39.1 Å². The number of anilines is 1. The van der Waals surface area contributed by atoms with Crippen molar-refractivity contribution in [1.82, 2.24) is 9.97 Å². The minimum atomic E-state index is -0.0930. The predicted octanol–water partition coefficient (Wildman–Crippen LogP) is 3.63. The lowest BCUT2D eigenvalue weighted by Gasteiger charge is -2.33. The van der Waals surface area contributed by atoms with Crippen LogP contribution in [0.5, 0.6) is 0 Å². The van der Waals surface area contributed by atoms with Crippen LogP contribution in [0, 0.1) is 0 Å². The Bertz CT molecular complexity index is 655. The van der Waals surface area contributed by atoms with Gasteiger partial charge in [0.15, 0.2) is 5.16 Å². The van der Waals surface area contributed by atoms with Crippen LogP contribution in [0.3, 0.4) is 0 Å². The quantitative estimate of drug-likeness (QED) is 0.693. The van der Waals surface area contributed by atoms with Crippen molar-refractivity contribution in [1.29, 1.82) is 0 Å². The summed E-state index contributed by atoms with van der Waals surface area (Å²) in [7, 11) is 0. The molecule has 0 aromatic carbocycles. The van der Waals surface area contributed by atoms with Gasteiger partial charge < -0.3 is 10.5 Å². The average molecular weight is 309 g/mol. The summed E-state index contributed by atoms with van der Waals surface area (Å²) in [5.41, 5.74) is 7.39. The van der Waals surface area contributed by atoms with Gasteiger partial charge in [0.05, 0.1) is 17.6 Å². The minimum absolute atomic E-state index is 0.0930. The second-order valence-corrected chi connectivity index (χ2v) is 7.59. The maximum atomic E-state index is 6.19. The van der Waals surface area contributed by atoms with E-state index in [1.807, 2.05) is 0 Å². The van der Waals surface area contributed by atoms with Crippen LogP contribution in [-0.4, -0.2) is 21.3 Å². The Hall–Kier alpha value is -0.850. The molecule has 0 radical (unpaired) electrons. The first kappa shape index (κ1) is 14.1. The van der Waals surface area contributed by atoms with Crippen molar-refractivity contribution in [3.8, 4) is 0 Å². The Morgan fingerprint density at radius 1 is 1.40 bits per heavy atom. The van der Waals surface area contributed by atoms with Crippen LogP contribution in [0.4, 0.5) is 5.82 Å². The number of fused-ring (bicyclic) bond motifs is 3. The maximum Gasteiger partial charge on any atom is 0.190 e. The van der Waals surface area contributed by atoms with Crippen LogP contribution in [0.2, 0.25) is 0 Å². The summed E-state index contributed by atoms with van der Waals surface area (Å²) < 4.78 is 6.00. The number of nitrogens with two attached hydrogens (primary N) is 1. The van der Waals surface area contributed by atoms with Gasteiger partial charge in [0, 0.05) is 11.3 Å². The second-order valence-electron chi connectivity index (χ2n) is 5.28. The molecule has 0 bridgehead atoms. The summed E-state index contributed by atoms with van der Waals surface area (Å²) in [5, 5.41) is 1.82. The number of thiophene rings is 1. The molecule has 0 fully saturated rings. The SMILES string of the molecule is CCSc1nc(N)c2c3c(sc2n1)COC(C)(CC)C3. The molecule has 1 unspecified atom stereocenters. The number of ether oxygens (including phenoxy) is 1. The Labute approximate surface area is 127 Å². The molecule has 1 atom stereocenters. The van der Waals surface area contributed by atoms with E-state index in [1.165, 1.54) is 10.4 Å². The first-order valence-corrected chi connectivity index (χ1v) is 8.71. The molecule has 20 heavy (non-hydrogen) atoms. The van der Waals surface area contributed by atoms with Gasteiger partial charge in [0.25, 0.3) is 0 Å². The molecule has 3 rings (SSSR count). The van der Waals surface area contributed by atoms with E-state index in [-0.39, 0.29) is 5.60 Å². The van der Waals surface area contributed by atoms with Crippen molar-refractivity contribution in [2.45, 2.75) is 51.0 Å². The van der Waals surface area contributed by atoms with Crippen molar-refractivity contribution in [3.05, 3.63) is 10.4 Å². The van der Waals surface area contributed by atoms with Gasteiger partial charge >= 0.3 is 0 Å². The van der Waals surface area contributed by atoms with Crippen molar-refractivity contribution in [3.63, 3.8) is 0 Å².